The van der Waals surface area contributed by atoms with E-state index in [0.717, 1.165) is 5.56 Å². The molecule has 0 aliphatic carbocycles. The molecule has 0 spiro atoms. The van der Waals surface area contributed by atoms with Crippen molar-refractivity contribution in [2.45, 2.75) is 25.0 Å². The van der Waals surface area contributed by atoms with Crippen LogP contribution in [0.3, 0.4) is 0 Å². The molecule has 1 aliphatic rings. The van der Waals surface area contributed by atoms with E-state index in [2.05, 4.69) is 0 Å². The van der Waals surface area contributed by atoms with Crippen molar-refractivity contribution in [3.63, 3.8) is 0 Å². The maximum Gasteiger partial charge on any atom is 0.155 e. The van der Waals surface area contributed by atoms with Crippen LogP contribution < -0.4 is 0 Å². The number of sulfone groups is 1. The molecule has 0 saturated heterocycles. The van der Waals surface area contributed by atoms with E-state index in [9.17, 15) is 8.42 Å². The minimum Gasteiger partial charge on any atom is -0.228 e. The standard InChI is InChI=1S/C11H14O2S/c1-11(2)8-14(12,13)7-9-5-3-4-6-10(9)11/h3-6H,7-8H2,1-2H3. The van der Waals surface area contributed by atoms with Crippen LogP contribution in [-0.4, -0.2) is 14.2 Å². The van der Waals surface area contributed by atoms with Gasteiger partial charge < -0.3 is 0 Å². The van der Waals surface area contributed by atoms with Gasteiger partial charge in [-0.25, -0.2) is 8.42 Å². The molecule has 14 heavy (non-hydrogen) atoms. The Kier molecular flexibility index (Phi) is 1.96. The number of benzene rings is 1. The van der Waals surface area contributed by atoms with Crippen LogP contribution in [0.1, 0.15) is 25.0 Å². The van der Waals surface area contributed by atoms with E-state index in [1.807, 2.05) is 38.1 Å². The molecule has 0 saturated carbocycles. The third-order valence-corrected chi connectivity index (χ3v) is 4.62. The molecular weight excluding hydrogens is 196 g/mol. The topological polar surface area (TPSA) is 34.1 Å². The lowest BCUT2D eigenvalue weighted by atomic mass is 9.83. The monoisotopic (exact) mass is 210 g/mol. The van der Waals surface area contributed by atoms with E-state index in [1.165, 1.54) is 5.56 Å². The van der Waals surface area contributed by atoms with Crippen LogP contribution in [0.15, 0.2) is 24.3 Å². The second-order valence-electron chi connectivity index (χ2n) is 4.57. The van der Waals surface area contributed by atoms with E-state index in [-0.39, 0.29) is 16.9 Å². The van der Waals surface area contributed by atoms with Crippen molar-refractivity contribution >= 4 is 9.84 Å². The molecule has 0 fully saturated rings. The number of hydrogen-bond acceptors (Lipinski definition) is 2. The lowest BCUT2D eigenvalue weighted by molar-refractivity contribution is 0.533. The summed E-state index contributed by atoms with van der Waals surface area (Å²) in [5, 5.41) is 0. The summed E-state index contributed by atoms with van der Waals surface area (Å²) in [6.07, 6.45) is 0. The molecule has 1 aliphatic heterocycles. The number of rotatable bonds is 0. The Balaban J connectivity index is 2.64. The Bertz CT molecular complexity index is 458. The molecule has 1 heterocycles. The summed E-state index contributed by atoms with van der Waals surface area (Å²) in [4.78, 5) is 0. The van der Waals surface area contributed by atoms with Crippen molar-refractivity contribution in [1.82, 2.24) is 0 Å². The third-order valence-electron chi connectivity index (χ3n) is 2.70. The van der Waals surface area contributed by atoms with Crippen LogP contribution in [0.25, 0.3) is 0 Å². The number of hydrogen-bond donors (Lipinski definition) is 0. The average molecular weight is 210 g/mol. The first-order valence-corrected chi connectivity index (χ1v) is 6.52. The summed E-state index contributed by atoms with van der Waals surface area (Å²) in [5.74, 6) is 0.462. The molecule has 2 nitrogen and oxygen atoms in total. The van der Waals surface area contributed by atoms with Gasteiger partial charge in [0.1, 0.15) is 0 Å². The first kappa shape index (κ1) is 9.71. The Morgan fingerprint density at radius 1 is 1.21 bits per heavy atom. The summed E-state index contributed by atoms with van der Waals surface area (Å²) in [6.45, 7) is 3.98. The fourth-order valence-electron chi connectivity index (χ4n) is 2.22. The average Bonchev–Trinajstić information content (AvgIpc) is 2.00. The van der Waals surface area contributed by atoms with Crippen molar-refractivity contribution in [3.05, 3.63) is 35.4 Å². The highest BCUT2D eigenvalue weighted by Gasteiger charge is 2.35. The minimum atomic E-state index is -2.90. The van der Waals surface area contributed by atoms with Gasteiger partial charge in [-0.05, 0) is 11.1 Å². The smallest absolute Gasteiger partial charge is 0.155 e. The maximum atomic E-state index is 11.6. The summed E-state index contributed by atoms with van der Waals surface area (Å²) in [7, 11) is -2.90. The Labute approximate surface area is 84.9 Å². The summed E-state index contributed by atoms with van der Waals surface area (Å²) >= 11 is 0. The minimum absolute atomic E-state index is 0.201. The Morgan fingerprint density at radius 3 is 2.57 bits per heavy atom. The Hall–Kier alpha value is -0.830. The van der Waals surface area contributed by atoms with Crippen LogP contribution in [-0.2, 0) is 21.0 Å². The normalized spacial score (nSPS) is 22.7. The molecule has 76 valence electrons. The lowest BCUT2D eigenvalue weighted by Crippen LogP contribution is -2.34. The second kappa shape index (κ2) is 2.83. The van der Waals surface area contributed by atoms with Gasteiger partial charge in [0.15, 0.2) is 9.84 Å². The molecule has 3 heteroatoms. The lowest BCUT2D eigenvalue weighted by Gasteiger charge is -2.31. The SMILES string of the molecule is CC1(C)CS(=O)(=O)Cc2ccccc21. The highest BCUT2D eigenvalue weighted by atomic mass is 32.2. The summed E-state index contributed by atoms with van der Waals surface area (Å²) in [5.41, 5.74) is 1.90. The first-order valence-electron chi connectivity index (χ1n) is 4.70. The van der Waals surface area contributed by atoms with E-state index < -0.39 is 9.84 Å². The van der Waals surface area contributed by atoms with Crippen LogP contribution in [0.5, 0.6) is 0 Å². The van der Waals surface area contributed by atoms with E-state index in [4.69, 9.17) is 0 Å². The molecule has 2 rings (SSSR count). The molecule has 1 aromatic carbocycles. The zero-order valence-electron chi connectivity index (χ0n) is 8.45. The fourth-order valence-corrected chi connectivity index (χ4v) is 4.30. The van der Waals surface area contributed by atoms with Gasteiger partial charge in [-0.3, -0.25) is 0 Å². The molecule has 0 N–H and O–H groups in total. The predicted molar refractivity (Wildman–Crippen MR) is 57.0 cm³/mol. The van der Waals surface area contributed by atoms with Crippen LogP contribution in [0, 0.1) is 0 Å². The van der Waals surface area contributed by atoms with Crippen LogP contribution in [0.4, 0.5) is 0 Å². The van der Waals surface area contributed by atoms with Crippen molar-refractivity contribution in [2.24, 2.45) is 0 Å². The van der Waals surface area contributed by atoms with E-state index >= 15 is 0 Å². The fraction of sp³-hybridized carbons (Fsp3) is 0.455. The van der Waals surface area contributed by atoms with Crippen molar-refractivity contribution in [3.8, 4) is 0 Å². The first-order chi connectivity index (χ1) is 6.41. The van der Waals surface area contributed by atoms with Gasteiger partial charge in [-0.2, -0.15) is 0 Å². The zero-order valence-corrected chi connectivity index (χ0v) is 9.26. The van der Waals surface area contributed by atoms with Crippen LogP contribution in [0.2, 0.25) is 0 Å². The van der Waals surface area contributed by atoms with Crippen molar-refractivity contribution < 1.29 is 8.42 Å². The summed E-state index contributed by atoms with van der Waals surface area (Å²) in [6, 6.07) is 7.81. The van der Waals surface area contributed by atoms with Gasteiger partial charge in [-0.15, -0.1) is 0 Å². The van der Waals surface area contributed by atoms with Crippen molar-refractivity contribution in [2.75, 3.05) is 5.75 Å². The van der Waals surface area contributed by atoms with Gasteiger partial charge >= 0.3 is 0 Å². The van der Waals surface area contributed by atoms with Gasteiger partial charge in [0, 0.05) is 5.41 Å². The van der Waals surface area contributed by atoms with Gasteiger partial charge in [0.05, 0.1) is 11.5 Å². The highest BCUT2D eigenvalue weighted by molar-refractivity contribution is 7.90. The van der Waals surface area contributed by atoms with Gasteiger partial charge in [-0.1, -0.05) is 38.1 Å². The summed E-state index contributed by atoms with van der Waals surface area (Å²) < 4.78 is 23.3. The molecule has 1 aromatic rings. The largest absolute Gasteiger partial charge is 0.228 e. The van der Waals surface area contributed by atoms with E-state index in [1.54, 1.807) is 0 Å². The zero-order chi connectivity index (χ0) is 10.4. The molecule has 0 unspecified atom stereocenters. The van der Waals surface area contributed by atoms with Gasteiger partial charge in [0.25, 0.3) is 0 Å². The third kappa shape index (κ3) is 1.57. The molecule has 0 bridgehead atoms. The molecule has 0 radical (unpaired) electrons. The second-order valence-corrected chi connectivity index (χ2v) is 6.64. The molecule has 0 amide bonds. The molecular formula is C11H14O2S. The van der Waals surface area contributed by atoms with Crippen molar-refractivity contribution in [1.29, 1.82) is 0 Å². The molecule has 0 atom stereocenters. The predicted octanol–water partition coefficient (Wildman–Crippen LogP) is 1.89. The van der Waals surface area contributed by atoms with E-state index in [0.29, 0.717) is 0 Å². The Morgan fingerprint density at radius 2 is 1.86 bits per heavy atom. The highest BCUT2D eigenvalue weighted by Crippen LogP contribution is 2.34. The maximum absolute atomic E-state index is 11.6. The number of fused-ring (bicyclic) bond motifs is 1. The molecule has 0 aromatic heterocycles. The van der Waals surface area contributed by atoms with Crippen LogP contribution >= 0.6 is 0 Å². The van der Waals surface area contributed by atoms with Gasteiger partial charge in [0.2, 0.25) is 0 Å². The quantitative estimate of drug-likeness (QED) is 0.655.